The molecule has 0 bridgehead atoms. The van der Waals surface area contributed by atoms with Crippen LogP contribution in [0.4, 0.5) is 23.2 Å². The van der Waals surface area contributed by atoms with Gasteiger partial charge >= 0.3 is 6.18 Å². The maximum atomic E-state index is 13.5. The van der Waals surface area contributed by atoms with Crippen LogP contribution in [0.15, 0.2) is 53.1 Å². The number of likely N-dealkylation sites (tertiary alicyclic amines) is 1. The van der Waals surface area contributed by atoms with Crippen molar-refractivity contribution in [3.63, 3.8) is 0 Å². The molecule has 1 N–H and O–H groups in total. The summed E-state index contributed by atoms with van der Waals surface area (Å²) in [4.78, 5) is 19.0. The second-order valence-electron chi connectivity index (χ2n) is 8.01. The van der Waals surface area contributed by atoms with Gasteiger partial charge in [-0.15, -0.1) is 0 Å². The number of aromatic nitrogens is 2. The van der Waals surface area contributed by atoms with Crippen LogP contribution in [0.5, 0.6) is 0 Å². The summed E-state index contributed by atoms with van der Waals surface area (Å²) < 4.78 is 58.6. The number of piperidine rings is 1. The number of carbonyl (C=O) groups is 1. The summed E-state index contributed by atoms with van der Waals surface area (Å²) in [5.41, 5.74) is -0.668. The van der Waals surface area contributed by atoms with Crippen LogP contribution < -0.4 is 5.32 Å². The number of para-hydroxylation sites is 1. The van der Waals surface area contributed by atoms with Gasteiger partial charge in [-0.1, -0.05) is 29.4 Å². The first-order valence-corrected chi connectivity index (χ1v) is 10.5. The summed E-state index contributed by atoms with van der Waals surface area (Å²) in [6.45, 7) is 2.69. The number of hydrogen-bond donors (Lipinski definition) is 1. The van der Waals surface area contributed by atoms with Gasteiger partial charge in [-0.3, -0.25) is 9.69 Å². The average Bonchev–Trinajstić information content (AvgIpc) is 3.29. The van der Waals surface area contributed by atoms with Gasteiger partial charge in [-0.05, 0) is 50.6 Å². The van der Waals surface area contributed by atoms with Crippen LogP contribution in [0.1, 0.15) is 37.1 Å². The largest absolute Gasteiger partial charge is 0.418 e. The first kappa shape index (κ1) is 22.9. The average molecular weight is 462 g/mol. The number of amides is 1. The van der Waals surface area contributed by atoms with Gasteiger partial charge in [0.2, 0.25) is 17.6 Å². The number of halogens is 4. The molecule has 33 heavy (non-hydrogen) atoms. The van der Waals surface area contributed by atoms with Crippen LogP contribution in [-0.4, -0.2) is 40.1 Å². The monoisotopic (exact) mass is 462 g/mol. The molecule has 174 valence electrons. The lowest BCUT2D eigenvalue weighted by Crippen LogP contribution is -2.46. The lowest BCUT2D eigenvalue weighted by atomic mass is 9.96. The fraction of sp³-hybridized carbons (Fsp3) is 0.348. The molecule has 1 aromatic heterocycles. The van der Waals surface area contributed by atoms with E-state index >= 15 is 0 Å². The van der Waals surface area contributed by atoms with E-state index in [2.05, 4.69) is 15.5 Å². The Bertz CT molecular complexity index is 1130. The minimum atomic E-state index is -4.57. The summed E-state index contributed by atoms with van der Waals surface area (Å²) >= 11 is 0. The molecule has 3 aromatic rings. The normalized spacial score (nSPS) is 18.2. The molecule has 6 nitrogen and oxygen atoms in total. The smallest absolute Gasteiger partial charge is 0.339 e. The summed E-state index contributed by atoms with van der Waals surface area (Å²) in [7, 11) is 0. The molecule has 2 atom stereocenters. The molecule has 2 aromatic carbocycles. The third kappa shape index (κ3) is 5.22. The third-order valence-electron chi connectivity index (χ3n) is 5.74. The van der Waals surface area contributed by atoms with E-state index in [1.165, 1.54) is 30.3 Å². The number of nitrogens with zero attached hydrogens (tertiary/aromatic N) is 3. The first-order chi connectivity index (χ1) is 15.7. The van der Waals surface area contributed by atoms with Crippen LogP contribution in [0.3, 0.4) is 0 Å². The molecule has 1 amide bonds. The molecule has 10 heteroatoms. The van der Waals surface area contributed by atoms with E-state index in [9.17, 15) is 22.4 Å². The molecule has 1 aliphatic heterocycles. The highest BCUT2D eigenvalue weighted by Gasteiger charge is 2.35. The van der Waals surface area contributed by atoms with Crippen molar-refractivity contribution in [2.75, 3.05) is 18.4 Å². The zero-order chi connectivity index (χ0) is 23.6. The van der Waals surface area contributed by atoms with E-state index in [4.69, 9.17) is 4.52 Å². The Hall–Kier alpha value is -3.27. The Morgan fingerprint density at radius 3 is 2.76 bits per heavy atom. The van der Waals surface area contributed by atoms with Crippen molar-refractivity contribution in [2.45, 2.75) is 37.9 Å². The number of rotatable bonds is 5. The Morgan fingerprint density at radius 1 is 1.21 bits per heavy atom. The third-order valence-corrected chi connectivity index (χ3v) is 5.74. The highest BCUT2D eigenvalue weighted by Crippen LogP contribution is 2.35. The van der Waals surface area contributed by atoms with Crippen LogP contribution in [0.25, 0.3) is 11.4 Å². The summed E-state index contributed by atoms with van der Waals surface area (Å²) in [6.07, 6.45) is -3.06. The number of anilines is 1. The van der Waals surface area contributed by atoms with E-state index in [0.29, 0.717) is 24.5 Å². The number of benzene rings is 2. The van der Waals surface area contributed by atoms with E-state index < -0.39 is 29.5 Å². The molecule has 4 rings (SSSR count). The quantitative estimate of drug-likeness (QED) is 0.534. The molecule has 1 fully saturated rings. The highest BCUT2D eigenvalue weighted by atomic mass is 19.4. The van der Waals surface area contributed by atoms with Gasteiger partial charge in [0, 0.05) is 12.1 Å². The lowest BCUT2D eigenvalue weighted by molar-refractivity contribution is -0.137. The minimum Gasteiger partial charge on any atom is -0.339 e. The molecule has 0 spiro atoms. The van der Waals surface area contributed by atoms with Gasteiger partial charge in [0.05, 0.1) is 23.2 Å². The number of alkyl halides is 3. The summed E-state index contributed by atoms with van der Waals surface area (Å²) in [5, 5.41) is 6.35. The Morgan fingerprint density at radius 2 is 2.00 bits per heavy atom. The van der Waals surface area contributed by atoms with E-state index in [0.717, 1.165) is 18.9 Å². The SMILES string of the molecule is CC(C(=O)Nc1ccccc1C(F)(F)F)N1CCCC(c2nc(-c3cccc(F)c3)no2)C1. The number of nitrogens with one attached hydrogen (secondary N) is 1. The van der Waals surface area contributed by atoms with E-state index in [-0.39, 0.29) is 17.4 Å². The molecule has 2 unspecified atom stereocenters. The van der Waals surface area contributed by atoms with Crippen LogP contribution in [0.2, 0.25) is 0 Å². The second-order valence-corrected chi connectivity index (χ2v) is 8.01. The lowest BCUT2D eigenvalue weighted by Gasteiger charge is -2.34. The van der Waals surface area contributed by atoms with Crippen molar-refractivity contribution in [3.05, 3.63) is 65.8 Å². The van der Waals surface area contributed by atoms with Crippen molar-refractivity contribution >= 4 is 11.6 Å². The zero-order valence-corrected chi connectivity index (χ0v) is 17.8. The highest BCUT2D eigenvalue weighted by molar-refractivity contribution is 5.95. The fourth-order valence-corrected chi connectivity index (χ4v) is 3.95. The fourth-order valence-electron chi connectivity index (χ4n) is 3.95. The van der Waals surface area contributed by atoms with Crippen LogP contribution >= 0.6 is 0 Å². The van der Waals surface area contributed by atoms with Crippen molar-refractivity contribution in [3.8, 4) is 11.4 Å². The van der Waals surface area contributed by atoms with Gasteiger partial charge < -0.3 is 9.84 Å². The molecular formula is C23H22F4N4O2. The van der Waals surface area contributed by atoms with Gasteiger partial charge in [0.25, 0.3) is 0 Å². The maximum absolute atomic E-state index is 13.5. The molecule has 0 aliphatic carbocycles. The number of carbonyl (C=O) groups excluding carboxylic acids is 1. The molecule has 0 radical (unpaired) electrons. The van der Waals surface area contributed by atoms with Gasteiger partial charge in [0.15, 0.2) is 0 Å². The molecule has 2 heterocycles. The van der Waals surface area contributed by atoms with E-state index in [1.54, 1.807) is 19.1 Å². The maximum Gasteiger partial charge on any atom is 0.418 e. The van der Waals surface area contributed by atoms with Gasteiger partial charge in [-0.2, -0.15) is 18.2 Å². The van der Waals surface area contributed by atoms with Gasteiger partial charge in [0.1, 0.15) is 5.82 Å². The van der Waals surface area contributed by atoms with E-state index in [1.807, 2.05) is 4.90 Å². The zero-order valence-electron chi connectivity index (χ0n) is 17.8. The predicted octanol–water partition coefficient (Wildman–Crippen LogP) is 5.10. The van der Waals surface area contributed by atoms with Crippen molar-refractivity contribution in [1.29, 1.82) is 0 Å². The predicted molar refractivity (Wildman–Crippen MR) is 113 cm³/mol. The van der Waals surface area contributed by atoms with Crippen LogP contribution in [-0.2, 0) is 11.0 Å². The van der Waals surface area contributed by atoms with Crippen molar-refractivity contribution in [2.24, 2.45) is 0 Å². The van der Waals surface area contributed by atoms with Crippen LogP contribution in [0, 0.1) is 5.82 Å². The first-order valence-electron chi connectivity index (χ1n) is 10.5. The number of hydrogen-bond acceptors (Lipinski definition) is 5. The molecule has 0 saturated carbocycles. The molecular weight excluding hydrogens is 440 g/mol. The molecule has 1 aliphatic rings. The second kappa shape index (κ2) is 9.30. The Kier molecular flexibility index (Phi) is 6.46. The summed E-state index contributed by atoms with van der Waals surface area (Å²) in [6, 6.07) is 10.1. The Balaban J connectivity index is 1.44. The topological polar surface area (TPSA) is 71.3 Å². The Labute approximate surface area is 187 Å². The van der Waals surface area contributed by atoms with Crippen molar-refractivity contribution < 1.29 is 26.9 Å². The van der Waals surface area contributed by atoms with Gasteiger partial charge in [-0.25, -0.2) is 4.39 Å². The standard InChI is InChI=1S/C23H22F4N4O2/c1-14(21(32)28-19-10-3-2-9-18(19)23(25,26)27)31-11-5-7-16(13-31)22-29-20(30-33-22)15-6-4-8-17(24)12-15/h2-4,6,8-10,12,14,16H,5,7,11,13H2,1H3,(H,28,32). The minimum absolute atomic E-state index is 0.147. The van der Waals surface area contributed by atoms with Crippen molar-refractivity contribution in [1.82, 2.24) is 15.0 Å². The summed E-state index contributed by atoms with van der Waals surface area (Å²) in [5.74, 6) is -0.426. The molecule has 1 saturated heterocycles.